The fourth-order valence-corrected chi connectivity index (χ4v) is 4.49. The molecule has 0 saturated heterocycles. The molecule has 5 heteroatoms. The standard InChI is InChI=1S/C18H17NO3S/c1-12-8-10-15(11-9-12)23(21,22)18-14(3)19(20)13(2)16-6-4-5-7-17(16)18/h4-11H,1-3H3. The summed E-state index contributed by atoms with van der Waals surface area (Å²) >= 11 is 0. The van der Waals surface area contributed by atoms with Gasteiger partial charge in [-0.25, -0.2) is 8.42 Å². The topological polar surface area (TPSA) is 61.1 Å². The van der Waals surface area contributed by atoms with Crippen LogP contribution in [-0.4, -0.2) is 8.42 Å². The van der Waals surface area contributed by atoms with Crippen LogP contribution in [-0.2, 0) is 9.84 Å². The molecule has 3 rings (SSSR count). The number of aryl methyl sites for hydroxylation is 2. The van der Waals surface area contributed by atoms with E-state index in [2.05, 4.69) is 0 Å². The van der Waals surface area contributed by atoms with Gasteiger partial charge in [-0.05, 0) is 25.1 Å². The maximum absolute atomic E-state index is 13.1. The number of sulfone groups is 1. The molecule has 23 heavy (non-hydrogen) atoms. The molecule has 0 aliphatic rings. The van der Waals surface area contributed by atoms with Crippen LogP contribution in [0.5, 0.6) is 0 Å². The Morgan fingerprint density at radius 3 is 2.00 bits per heavy atom. The third kappa shape index (κ3) is 2.37. The molecule has 118 valence electrons. The van der Waals surface area contributed by atoms with Crippen LogP contribution >= 0.6 is 0 Å². The number of benzene rings is 2. The summed E-state index contributed by atoms with van der Waals surface area (Å²) in [6.45, 7) is 5.15. The maximum Gasteiger partial charge on any atom is 0.213 e. The van der Waals surface area contributed by atoms with Gasteiger partial charge >= 0.3 is 0 Å². The van der Waals surface area contributed by atoms with Gasteiger partial charge in [0.05, 0.1) is 10.3 Å². The molecule has 1 heterocycles. The lowest BCUT2D eigenvalue weighted by Gasteiger charge is -2.14. The molecule has 4 nitrogen and oxygen atoms in total. The Labute approximate surface area is 135 Å². The average molecular weight is 327 g/mol. The van der Waals surface area contributed by atoms with E-state index in [4.69, 9.17) is 0 Å². The lowest BCUT2D eigenvalue weighted by atomic mass is 10.1. The predicted molar refractivity (Wildman–Crippen MR) is 89.0 cm³/mol. The molecule has 0 aliphatic carbocycles. The van der Waals surface area contributed by atoms with Gasteiger partial charge in [-0.3, -0.25) is 0 Å². The quantitative estimate of drug-likeness (QED) is 0.536. The number of fused-ring (bicyclic) bond motifs is 1. The van der Waals surface area contributed by atoms with Gasteiger partial charge in [0.25, 0.3) is 0 Å². The minimum atomic E-state index is -3.77. The van der Waals surface area contributed by atoms with Crippen LogP contribution in [0.1, 0.15) is 17.0 Å². The van der Waals surface area contributed by atoms with Gasteiger partial charge in [0.1, 0.15) is 4.90 Å². The summed E-state index contributed by atoms with van der Waals surface area (Å²) in [5.74, 6) is 0. The molecule has 3 aromatic rings. The first-order valence-electron chi connectivity index (χ1n) is 7.27. The number of hydrogen-bond acceptors (Lipinski definition) is 3. The highest BCUT2D eigenvalue weighted by atomic mass is 32.2. The summed E-state index contributed by atoms with van der Waals surface area (Å²) in [7, 11) is -3.77. The first-order valence-corrected chi connectivity index (χ1v) is 8.75. The van der Waals surface area contributed by atoms with Gasteiger partial charge in [0.2, 0.25) is 15.5 Å². The number of rotatable bonds is 2. The number of aromatic nitrogens is 1. The summed E-state index contributed by atoms with van der Waals surface area (Å²) in [5.41, 5.74) is 1.68. The molecule has 0 spiro atoms. The molecule has 0 bridgehead atoms. The zero-order chi connectivity index (χ0) is 16.8. The van der Waals surface area contributed by atoms with Crippen molar-refractivity contribution in [1.29, 1.82) is 0 Å². The van der Waals surface area contributed by atoms with Gasteiger partial charge in [-0.2, -0.15) is 4.73 Å². The van der Waals surface area contributed by atoms with Gasteiger partial charge in [0, 0.05) is 19.2 Å². The molecule has 0 atom stereocenters. The molecule has 0 unspecified atom stereocenters. The van der Waals surface area contributed by atoms with Crippen molar-refractivity contribution >= 4 is 20.6 Å². The highest BCUT2D eigenvalue weighted by Gasteiger charge is 2.29. The van der Waals surface area contributed by atoms with Gasteiger partial charge in [-0.1, -0.05) is 35.9 Å². The van der Waals surface area contributed by atoms with E-state index in [1.807, 2.05) is 6.92 Å². The first kappa shape index (κ1) is 15.5. The third-order valence-electron chi connectivity index (χ3n) is 4.10. The maximum atomic E-state index is 13.1. The Bertz CT molecular complexity index is 1010. The molecular formula is C18H17NO3S. The average Bonchev–Trinajstić information content (AvgIpc) is 2.53. The van der Waals surface area contributed by atoms with E-state index in [0.29, 0.717) is 21.2 Å². The predicted octanol–water partition coefficient (Wildman–Crippen LogP) is 3.23. The Kier molecular flexibility index (Phi) is 3.60. The molecule has 0 aliphatic heterocycles. The smallest absolute Gasteiger partial charge is 0.213 e. The Hall–Kier alpha value is -2.40. The van der Waals surface area contributed by atoms with Crippen LogP contribution in [0.3, 0.4) is 0 Å². The molecule has 0 N–H and O–H groups in total. The number of hydrogen-bond donors (Lipinski definition) is 0. The minimum absolute atomic E-state index is 0.0811. The van der Waals surface area contributed by atoms with E-state index in [9.17, 15) is 13.6 Å². The van der Waals surface area contributed by atoms with Crippen molar-refractivity contribution in [3.8, 4) is 0 Å². The second-order valence-electron chi connectivity index (χ2n) is 5.66. The van der Waals surface area contributed by atoms with E-state index < -0.39 is 9.84 Å². The zero-order valence-electron chi connectivity index (χ0n) is 13.2. The molecule has 0 fully saturated rings. The summed E-state index contributed by atoms with van der Waals surface area (Å²) < 4.78 is 26.9. The van der Waals surface area contributed by atoms with Crippen molar-refractivity contribution < 1.29 is 13.1 Å². The van der Waals surface area contributed by atoms with Crippen molar-refractivity contribution in [3.05, 3.63) is 70.7 Å². The van der Waals surface area contributed by atoms with E-state index in [1.54, 1.807) is 62.4 Å². The number of pyridine rings is 1. The minimum Gasteiger partial charge on any atom is -0.618 e. The lowest BCUT2D eigenvalue weighted by molar-refractivity contribution is -0.619. The normalized spacial score (nSPS) is 11.8. The lowest BCUT2D eigenvalue weighted by Crippen LogP contribution is -2.36. The molecule has 0 amide bonds. The van der Waals surface area contributed by atoms with Crippen molar-refractivity contribution in [3.63, 3.8) is 0 Å². The van der Waals surface area contributed by atoms with Crippen molar-refractivity contribution in [2.75, 3.05) is 0 Å². The molecule has 0 saturated carbocycles. The Morgan fingerprint density at radius 2 is 1.39 bits per heavy atom. The molecule has 2 aromatic carbocycles. The fourth-order valence-electron chi connectivity index (χ4n) is 2.82. The van der Waals surface area contributed by atoms with E-state index >= 15 is 0 Å². The van der Waals surface area contributed by atoms with Crippen LogP contribution in [0.4, 0.5) is 0 Å². The van der Waals surface area contributed by atoms with Crippen molar-refractivity contribution in [1.82, 2.24) is 0 Å². The molecular weight excluding hydrogens is 310 g/mol. The highest BCUT2D eigenvalue weighted by Crippen LogP contribution is 2.30. The second kappa shape index (κ2) is 5.35. The monoisotopic (exact) mass is 327 g/mol. The molecule has 0 radical (unpaired) electrons. The molecule has 1 aromatic heterocycles. The van der Waals surface area contributed by atoms with Gasteiger partial charge < -0.3 is 5.21 Å². The zero-order valence-corrected chi connectivity index (χ0v) is 14.0. The summed E-state index contributed by atoms with van der Waals surface area (Å²) in [6.07, 6.45) is 0. The third-order valence-corrected chi connectivity index (χ3v) is 6.04. The van der Waals surface area contributed by atoms with Gasteiger partial charge in [-0.15, -0.1) is 0 Å². The number of nitrogens with zero attached hydrogens (tertiary/aromatic N) is 1. The van der Waals surface area contributed by atoms with E-state index in [0.717, 1.165) is 5.56 Å². The van der Waals surface area contributed by atoms with Gasteiger partial charge in [0.15, 0.2) is 5.69 Å². The van der Waals surface area contributed by atoms with Crippen LogP contribution in [0.15, 0.2) is 58.3 Å². The first-order chi connectivity index (χ1) is 10.8. The van der Waals surface area contributed by atoms with Crippen molar-refractivity contribution in [2.24, 2.45) is 0 Å². The summed E-state index contributed by atoms with van der Waals surface area (Å²) in [5, 5.41) is 13.6. The van der Waals surface area contributed by atoms with Crippen LogP contribution in [0.25, 0.3) is 10.8 Å². The van der Waals surface area contributed by atoms with Crippen LogP contribution in [0.2, 0.25) is 0 Å². The van der Waals surface area contributed by atoms with Crippen LogP contribution in [0, 0.1) is 26.0 Å². The largest absolute Gasteiger partial charge is 0.618 e. The Balaban J connectivity index is 2.42. The summed E-state index contributed by atoms with van der Waals surface area (Å²) in [6, 6.07) is 13.8. The van der Waals surface area contributed by atoms with E-state index in [1.165, 1.54) is 0 Å². The SMILES string of the molecule is Cc1ccc(S(=O)(=O)c2c(C)[n+]([O-])c(C)c3ccccc23)cc1. The van der Waals surface area contributed by atoms with E-state index in [-0.39, 0.29) is 15.5 Å². The summed E-state index contributed by atoms with van der Waals surface area (Å²) in [4.78, 5) is 0.276. The second-order valence-corrected chi connectivity index (χ2v) is 7.54. The highest BCUT2D eigenvalue weighted by molar-refractivity contribution is 7.91. The van der Waals surface area contributed by atoms with Crippen LogP contribution < -0.4 is 4.73 Å². The Morgan fingerprint density at radius 1 is 0.826 bits per heavy atom. The van der Waals surface area contributed by atoms with Crippen molar-refractivity contribution in [2.45, 2.75) is 30.6 Å². The fraction of sp³-hybridized carbons (Fsp3) is 0.167.